The van der Waals surface area contributed by atoms with Crippen LogP contribution in [0, 0.1) is 6.92 Å². The molecule has 21 heavy (non-hydrogen) atoms. The number of aryl methyl sites for hydroxylation is 1. The zero-order chi connectivity index (χ0) is 15.4. The SMILES string of the molecule is Cc1cccc(C(=O)N2CCCN([C@@H](C)C(N)=O)CC2)c1. The molecule has 0 bridgehead atoms. The van der Waals surface area contributed by atoms with Gasteiger partial charge in [-0.15, -0.1) is 0 Å². The molecule has 1 aromatic carbocycles. The number of nitrogens with zero attached hydrogens (tertiary/aromatic N) is 2. The lowest BCUT2D eigenvalue weighted by Gasteiger charge is -2.25. The van der Waals surface area contributed by atoms with Gasteiger partial charge >= 0.3 is 0 Å². The van der Waals surface area contributed by atoms with E-state index in [0.29, 0.717) is 13.1 Å². The summed E-state index contributed by atoms with van der Waals surface area (Å²) in [6, 6.07) is 7.37. The lowest BCUT2D eigenvalue weighted by Crippen LogP contribution is -2.44. The van der Waals surface area contributed by atoms with Crippen LogP contribution in [0.15, 0.2) is 24.3 Å². The molecule has 1 aromatic rings. The number of amides is 2. The number of primary amides is 1. The van der Waals surface area contributed by atoms with E-state index in [1.54, 1.807) is 0 Å². The van der Waals surface area contributed by atoms with Crippen molar-refractivity contribution in [2.75, 3.05) is 26.2 Å². The fraction of sp³-hybridized carbons (Fsp3) is 0.500. The smallest absolute Gasteiger partial charge is 0.253 e. The molecule has 1 aliphatic rings. The van der Waals surface area contributed by atoms with Crippen LogP contribution in [0.5, 0.6) is 0 Å². The molecule has 2 rings (SSSR count). The first-order valence-electron chi connectivity index (χ1n) is 7.38. The highest BCUT2D eigenvalue weighted by atomic mass is 16.2. The normalized spacial score (nSPS) is 18.1. The van der Waals surface area contributed by atoms with Gasteiger partial charge in [-0.2, -0.15) is 0 Å². The second-order valence-electron chi connectivity index (χ2n) is 5.63. The summed E-state index contributed by atoms with van der Waals surface area (Å²) in [6.07, 6.45) is 0.856. The second kappa shape index (κ2) is 6.72. The number of hydrogen-bond donors (Lipinski definition) is 1. The van der Waals surface area contributed by atoms with E-state index in [2.05, 4.69) is 0 Å². The average molecular weight is 289 g/mol. The molecule has 0 aliphatic carbocycles. The lowest BCUT2D eigenvalue weighted by molar-refractivity contribution is -0.122. The highest BCUT2D eigenvalue weighted by Crippen LogP contribution is 2.12. The van der Waals surface area contributed by atoms with Crippen molar-refractivity contribution in [3.63, 3.8) is 0 Å². The first-order chi connectivity index (χ1) is 9.99. The fourth-order valence-electron chi connectivity index (χ4n) is 2.67. The largest absolute Gasteiger partial charge is 0.368 e. The van der Waals surface area contributed by atoms with E-state index >= 15 is 0 Å². The number of hydrogen-bond acceptors (Lipinski definition) is 3. The second-order valence-corrected chi connectivity index (χ2v) is 5.63. The van der Waals surface area contributed by atoms with Gasteiger partial charge in [0.2, 0.25) is 5.91 Å². The van der Waals surface area contributed by atoms with Gasteiger partial charge in [-0.3, -0.25) is 14.5 Å². The van der Waals surface area contributed by atoms with Crippen LogP contribution < -0.4 is 5.73 Å². The van der Waals surface area contributed by atoms with E-state index < -0.39 is 0 Å². The zero-order valence-corrected chi connectivity index (χ0v) is 12.7. The van der Waals surface area contributed by atoms with E-state index in [1.807, 2.05) is 47.9 Å². The Morgan fingerprint density at radius 3 is 2.62 bits per heavy atom. The summed E-state index contributed by atoms with van der Waals surface area (Å²) in [6.45, 7) is 6.62. The predicted molar refractivity (Wildman–Crippen MR) is 81.9 cm³/mol. The van der Waals surface area contributed by atoms with Gasteiger partial charge in [-0.05, 0) is 32.4 Å². The highest BCUT2D eigenvalue weighted by molar-refractivity contribution is 5.94. The maximum atomic E-state index is 12.5. The van der Waals surface area contributed by atoms with Gasteiger partial charge in [0.1, 0.15) is 0 Å². The van der Waals surface area contributed by atoms with Gasteiger partial charge in [0.05, 0.1) is 6.04 Å². The summed E-state index contributed by atoms with van der Waals surface area (Å²) in [5.74, 6) is -0.249. The van der Waals surface area contributed by atoms with Gasteiger partial charge in [-0.25, -0.2) is 0 Å². The Bertz CT molecular complexity index is 530. The molecule has 1 saturated heterocycles. The Morgan fingerprint density at radius 2 is 1.95 bits per heavy atom. The summed E-state index contributed by atoms with van der Waals surface area (Å²) < 4.78 is 0. The van der Waals surface area contributed by atoms with Gasteiger partial charge in [-0.1, -0.05) is 17.7 Å². The quantitative estimate of drug-likeness (QED) is 0.903. The third-order valence-corrected chi connectivity index (χ3v) is 4.04. The Kier molecular flexibility index (Phi) is 4.96. The minimum Gasteiger partial charge on any atom is -0.368 e. The summed E-state index contributed by atoms with van der Waals surface area (Å²) >= 11 is 0. The number of nitrogens with two attached hydrogens (primary N) is 1. The van der Waals surface area contributed by atoms with Crippen molar-refractivity contribution in [3.05, 3.63) is 35.4 Å². The molecule has 0 unspecified atom stereocenters. The van der Waals surface area contributed by atoms with Gasteiger partial charge in [0.15, 0.2) is 0 Å². The molecule has 1 fully saturated rings. The molecule has 5 heteroatoms. The van der Waals surface area contributed by atoms with E-state index in [0.717, 1.165) is 30.6 Å². The molecule has 0 saturated carbocycles. The van der Waals surface area contributed by atoms with Crippen molar-refractivity contribution < 1.29 is 9.59 Å². The molecular weight excluding hydrogens is 266 g/mol. The van der Waals surface area contributed by atoms with Crippen LogP contribution in [0.1, 0.15) is 29.3 Å². The maximum absolute atomic E-state index is 12.5. The van der Waals surface area contributed by atoms with Crippen LogP contribution in [-0.4, -0.2) is 53.8 Å². The lowest BCUT2D eigenvalue weighted by atomic mass is 10.1. The number of carbonyl (C=O) groups is 2. The molecule has 1 heterocycles. The molecule has 114 valence electrons. The molecule has 2 amide bonds. The molecule has 1 aliphatic heterocycles. The predicted octanol–water partition coefficient (Wildman–Crippen LogP) is 1.02. The van der Waals surface area contributed by atoms with E-state index in [4.69, 9.17) is 5.73 Å². The maximum Gasteiger partial charge on any atom is 0.253 e. The molecule has 0 radical (unpaired) electrons. The zero-order valence-electron chi connectivity index (χ0n) is 12.7. The summed E-state index contributed by atoms with van der Waals surface area (Å²) in [5.41, 5.74) is 7.17. The van der Waals surface area contributed by atoms with Gasteiger partial charge in [0, 0.05) is 31.7 Å². The third kappa shape index (κ3) is 3.82. The van der Waals surface area contributed by atoms with Crippen LogP contribution in [0.2, 0.25) is 0 Å². The minimum atomic E-state index is -0.312. The van der Waals surface area contributed by atoms with E-state index in [-0.39, 0.29) is 17.9 Å². The molecule has 0 aromatic heterocycles. The average Bonchev–Trinajstić information content (AvgIpc) is 2.71. The van der Waals surface area contributed by atoms with Gasteiger partial charge in [0.25, 0.3) is 5.91 Å². The molecule has 1 atom stereocenters. The summed E-state index contributed by atoms with van der Waals surface area (Å²) in [7, 11) is 0. The number of benzene rings is 1. The van der Waals surface area contributed by atoms with Crippen molar-refractivity contribution in [1.82, 2.24) is 9.80 Å². The van der Waals surface area contributed by atoms with Gasteiger partial charge < -0.3 is 10.6 Å². The van der Waals surface area contributed by atoms with E-state index in [1.165, 1.54) is 0 Å². The van der Waals surface area contributed by atoms with Crippen LogP contribution in [0.4, 0.5) is 0 Å². The standard InChI is InChI=1S/C16H23N3O2/c1-12-5-3-6-14(11-12)16(21)19-8-4-7-18(9-10-19)13(2)15(17)20/h3,5-6,11,13H,4,7-10H2,1-2H3,(H2,17,20)/t13-/m0/s1. The highest BCUT2D eigenvalue weighted by Gasteiger charge is 2.24. The van der Waals surface area contributed by atoms with Crippen molar-refractivity contribution in [2.45, 2.75) is 26.3 Å². The summed E-state index contributed by atoms with van der Waals surface area (Å²) in [4.78, 5) is 27.7. The Labute approximate surface area is 125 Å². The van der Waals surface area contributed by atoms with Crippen molar-refractivity contribution in [1.29, 1.82) is 0 Å². The Hall–Kier alpha value is -1.88. The Morgan fingerprint density at radius 1 is 1.19 bits per heavy atom. The fourth-order valence-corrected chi connectivity index (χ4v) is 2.67. The van der Waals surface area contributed by atoms with Crippen LogP contribution >= 0.6 is 0 Å². The third-order valence-electron chi connectivity index (χ3n) is 4.04. The molecule has 0 spiro atoms. The number of rotatable bonds is 3. The Balaban J connectivity index is 2.03. The van der Waals surface area contributed by atoms with E-state index in [9.17, 15) is 9.59 Å². The van der Waals surface area contributed by atoms with Crippen LogP contribution in [0.3, 0.4) is 0 Å². The van der Waals surface area contributed by atoms with Crippen molar-refractivity contribution >= 4 is 11.8 Å². The van der Waals surface area contributed by atoms with Crippen LogP contribution in [0.25, 0.3) is 0 Å². The monoisotopic (exact) mass is 289 g/mol. The molecule has 5 nitrogen and oxygen atoms in total. The van der Waals surface area contributed by atoms with Crippen molar-refractivity contribution in [3.8, 4) is 0 Å². The summed E-state index contributed by atoms with van der Waals surface area (Å²) in [5, 5.41) is 0. The topological polar surface area (TPSA) is 66.6 Å². The van der Waals surface area contributed by atoms with Crippen molar-refractivity contribution in [2.24, 2.45) is 5.73 Å². The molecule has 2 N–H and O–H groups in total. The first kappa shape index (κ1) is 15.5. The van der Waals surface area contributed by atoms with Crippen LogP contribution in [-0.2, 0) is 4.79 Å². The first-order valence-corrected chi connectivity index (χ1v) is 7.38. The minimum absolute atomic E-state index is 0.0623. The molecular formula is C16H23N3O2. The number of carbonyl (C=O) groups excluding carboxylic acids is 2.